The smallest absolute Gasteiger partial charge is 0.234 e. The topological polar surface area (TPSA) is 85.8 Å². The number of amides is 1. The summed E-state index contributed by atoms with van der Waals surface area (Å²) >= 11 is 1.29. The van der Waals surface area contributed by atoms with E-state index in [2.05, 4.69) is 22.1 Å². The average Bonchev–Trinajstić information content (AvgIpc) is 3.01. The molecule has 0 bridgehead atoms. The minimum absolute atomic E-state index is 0.120. The van der Waals surface area contributed by atoms with Crippen LogP contribution in [0.5, 0.6) is 0 Å². The molecule has 6 nitrogen and oxygen atoms in total. The number of benzene rings is 2. The summed E-state index contributed by atoms with van der Waals surface area (Å²) in [6.07, 6.45) is 1.71. The second-order valence-corrected chi connectivity index (χ2v) is 6.43. The molecule has 0 saturated heterocycles. The van der Waals surface area contributed by atoms with E-state index in [1.807, 2.05) is 54.6 Å². The van der Waals surface area contributed by atoms with E-state index in [0.29, 0.717) is 17.6 Å². The molecule has 0 aliphatic carbocycles. The molecule has 0 radical (unpaired) electrons. The van der Waals surface area contributed by atoms with E-state index < -0.39 is 0 Å². The van der Waals surface area contributed by atoms with Crippen LogP contribution >= 0.6 is 11.8 Å². The van der Waals surface area contributed by atoms with Gasteiger partial charge in [-0.2, -0.15) is 0 Å². The van der Waals surface area contributed by atoms with Crippen LogP contribution in [-0.4, -0.2) is 26.4 Å². The second kappa shape index (κ2) is 8.35. The number of nitrogen functional groups attached to an aromatic ring is 1. The van der Waals surface area contributed by atoms with E-state index in [4.69, 9.17) is 5.73 Å². The van der Waals surface area contributed by atoms with Gasteiger partial charge in [0, 0.05) is 17.8 Å². The average molecular weight is 365 g/mol. The highest BCUT2D eigenvalue weighted by atomic mass is 32.2. The Balaban J connectivity index is 1.69. The zero-order valence-electron chi connectivity index (χ0n) is 14.1. The minimum atomic E-state index is -0.120. The third-order valence-corrected chi connectivity index (χ3v) is 4.64. The molecule has 0 fully saturated rings. The Bertz CT molecular complexity index is 907. The van der Waals surface area contributed by atoms with Crippen molar-refractivity contribution in [1.82, 2.24) is 14.8 Å². The normalized spacial score (nSPS) is 10.5. The van der Waals surface area contributed by atoms with Crippen molar-refractivity contribution in [2.45, 2.75) is 11.7 Å². The molecule has 26 heavy (non-hydrogen) atoms. The van der Waals surface area contributed by atoms with Gasteiger partial charge in [-0.15, -0.1) is 16.8 Å². The second-order valence-electron chi connectivity index (χ2n) is 5.49. The highest BCUT2D eigenvalue weighted by Crippen LogP contribution is 2.28. The summed E-state index contributed by atoms with van der Waals surface area (Å²) < 4.78 is 1.71. The Kier molecular flexibility index (Phi) is 5.70. The fourth-order valence-corrected chi connectivity index (χ4v) is 3.24. The van der Waals surface area contributed by atoms with Gasteiger partial charge < -0.3 is 11.1 Å². The van der Waals surface area contributed by atoms with Crippen LogP contribution < -0.4 is 11.1 Å². The minimum Gasteiger partial charge on any atom is -0.368 e. The van der Waals surface area contributed by atoms with Crippen LogP contribution in [-0.2, 0) is 11.3 Å². The number of nitrogens with zero attached hydrogens (tertiary/aromatic N) is 3. The van der Waals surface area contributed by atoms with Crippen LogP contribution in [0.4, 0.5) is 11.6 Å². The predicted molar refractivity (Wildman–Crippen MR) is 106 cm³/mol. The molecule has 3 rings (SSSR count). The first-order valence-corrected chi connectivity index (χ1v) is 9.04. The van der Waals surface area contributed by atoms with Gasteiger partial charge in [0.15, 0.2) is 5.16 Å². The van der Waals surface area contributed by atoms with Gasteiger partial charge in [0.1, 0.15) is 0 Å². The van der Waals surface area contributed by atoms with E-state index >= 15 is 0 Å². The standard InChI is InChI=1S/C19H19N5OS/c1-2-12-24-18(20)22-23-19(24)26-13-17(25)21-16-11-7-6-10-15(16)14-8-4-3-5-9-14/h2-11H,1,12-13H2,(H2,20,22)(H,21,25). The lowest BCUT2D eigenvalue weighted by atomic mass is 10.0. The van der Waals surface area contributed by atoms with Crippen LogP contribution in [0.15, 0.2) is 72.4 Å². The summed E-state index contributed by atoms with van der Waals surface area (Å²) in [5.41, 5.74) is 8.57. The molecule has 0 aliphatic heterocycles. The number of carbonyl (C=O) groups excluding carboxylic acids is 1. The van der Waals surface area contributed by atoms with Gasteiger partial charge in [-0.25, -0.2) is 0 Å². The maximum Gasteiger partial charge on any atom is 0.234 e. The number of rotatable bonds is 7. The molecule has 132 valence electrons. The maximum atomic E-state index is 12.4. The molecule has 0 atom stereocenters. The number of aromatic nitrogens is 3. The Morgan fingerprint density at radius 2 is 1.88 bits per heavy atom. The molecule has 0 saturated carbocycles. The maximum absolute atomic E-state index is 12.4. The van der Waals surface area contributed by atoms with Crippen molar-refractivity contribution in [1.29, 1.82) is 0 Å². The van der Waals surface area contributed by atoms with Crippen molar-refractivity contribution in [2.75, 3.05) is 16.8 Å². The molecular weight excluding hydrogens is 346 g/mol. The van der Waals surface area contributed by atoms with E-state index in [1.165, 1.54) is 11.8 Å². The number of carbonyl (C=O) groups is 1. The molecule has 0 spiro atoms. The van der Waals surface area contributed by atoms with Gasteiger partial charge in [-0.05, 0) is 11.6 Å². The van der Waals surface area contributed by atoms with Crippen molar-refractivity contribution in [3.05, 3.63) is 67.3 Å². The van der Waals surface area contributed by atoms with Crippen LogP contribution in [0.1, 0.15) is 0 Å². The van der Waals surface area contributed by atoms with E-state index in [9.17, 15) is 4.79 Å². The number of hydrogen-bond donors (Lipinski definition) is 2. The summed E-state index contributed by atoms with van der Waals surface area (Å²) in [7, 11) is 0. The van der Waals surface area contributed by atoms with E-state index in [0.717, 1.165) is 16.8 Å². The Labute approximate surface area is 156 Å². The highest BCUT2D eigenvalue weighted by molar-refractivity contribution is 7.99. The van der Waals surface area contributed by atoms with Gasteiger partial charge in [0.05, 0.1) is 5.75 Å². The highest BCUT2D eigenvalue weighted by Gasteiger charge is 2.13. The van der Waals surface area contributed by atoms with Crippen LogP contribution in [0, 0.1) is 0 Å². The quantitative estimate of drug-likeness (QED) is 0.495. The van der Waals surface area contributed by atoms with Gasteiger partial charge in [-0.1, -0.05) is 66.4 Å². The molecule has 3 N–H and O–H groups in total. The molecule has 7 heteroatoms. The largest absolute Gasteiger partial charge is 0.368 e. The number of anilines is 2. The lowest BCUT2D eigenvalue weighted by Gasteiger charge is -2.11. The molecule has 0 aliphatic rings. The fraction of sp³-hybridized carbons (Fsp3) is 0.105. The van der Waals surface area contributed by atoms with Gasteiger partial charge in [-0.3, -0.25) is 9.36 Å². The summed E-state index contributed by atoms with van der Waals surface area (Å²) in [6.45, 7) is 4.19. The molecule has 1 heterocycles. The Morgan fingerprint density at radius 3 is 2.65 bits per heavy atom. The molecular formula is C19H19N5OS. The van der Waals surface area contributed by atoms with Crippen molar-refractivity contribution in [3.63, 3.8) is 0 Å². The third kappa shape index (κ3) is 4.12. The molecule has 2 aromatic carbocycles. The Morgan fingerprint density at radius 1 is 1.15 bits per heavy atom. The van der Waals surface area contributed by atoms with Crippen molar-refractivity contribution in [2.24, 2.45) is 0 Å². The van der Waals surface area contributed by atoms with Crippen molar-refractivity contribution < 1.29 is 4.79 Å². The van der Waals surface area contributed by atoms with Crippen molar-refractivity contribution >= 4 is 29.3 Å². The zero-order valence-corrected chi connectivity index (χ0v) is 14.9. The molecule has 1 aromatic heterocycles. The molecule has 3 aromatic rings. The molecule has 1 amide bonds. The first kappa shape index (κ1) is 17.8. The summed E-state index contributed by atoms with van der Waals surface area (Å²) in [4.78, 5) is 12.4. The van der Waals surface area contributed by atoms with Crippen LogP contribution in [0.3, 0.4) is 0 Å². The van der Waals surface area contributed by atoms with Crippen LogP contribution in [0.25, 0.3) is 11.1 Å². The molecule has 0 unspecified atom stereocenters. The van der Waals surface area contributed by atoms with Gasteiger partial charge >= 0.3 is 0 Å². The number of nitrogens with one attached hydrogen (secondary N) is 1. The number of hydrogen-bond acceptors (Lipinski definition) is 5. The summed E-state index contributed by atoms with van der Waals surface area (Å²) in [5, 5.41) is 11.4. The fourth-order valence-electron chi connectivity index (χ4n) is 2.49. The van der Waals surface area contributed by atoms with Gasteiger partial charge in [0.2, 0.25) is 11.9 Å². The first-order chi connectivity index (χ1) is 12.7. The third-order valence-electron chi connectivity index (χ3n) is 3.68. The summed E-state index contributed by atoms with van der Waals surface area (Å²) in [6, 6.07) is 17.7. The number of nitrogens with two attached hydrogens (primary N) is 1. The SMILES string of the molecule is C=CCn1c(N)nnc1SCC(=O)Nc1ccccc1-c1ccccc1. The van der Waals surface area contributed by atoms with Gasteiger partial charge in [0.25, 0.3) is 0 Å². The number of para-hydroxylation sites is 1. The predicted octanol–water partition coefficient (Wildman–Crippen LogP) is 3.44. The number of allylic oxidation sites excluding steroid dienone is 1. The number of thioether (sulfide) groups is 1. The zero-order chi connectivity index (χ0) is 18.4. The van der Waals surface area contributed by atoms with Crippen LogP contribution in [0.2, 0.25) is 0 Å². The van der Waals surface area contributed by atoms with E-state index in [1.54, 1.807) is 10.6 Å². The monoisotopic (exact) mass is 365 g/mol. The first-order valence-electron chi connectivity index (χ1n) is 8.05. The van der Waals surface area contributed by atoms with Crippen molar-refractivity contribution in [3.8, 4) is 11.1 Å². The lowest BCUT2D eigenvalue weighted by Crippen LogP contribution is -2.15. The lowest BCUT2D eigenvalue weighted by molar-refractivity contribution is -0.113. The summed E-state index contributed by atoms with van der Waals surface area (Å²) in [5.74, 6) is 0.394. The Hall–Kier alpha value is -3.06. The van der Waals surface area contributed by atoms with E-state index in [-0.39, 0.29) is 11.7 Å².